The van der Waals surface area contributed by atoms with Crippen molar-refractivity contribution in [2.24, 2.45) is 0 Å². The highest BCUT2D eigenvalue weighted by Gasteiger charge is 2.23. The van der Waals surface area contributed by atoms with Gasteiger partial charge in [0.25, 0.3) is 10.0 Å². The van der Waals surface area contributed by atoms with Gasteiger partial charge in [0, 0.05) is 17.5 Å². The van der Waals surface area contributed by atoms with Crippen LogP contribution < -0.4 is 10.2 Å². The van der Waals surface area contributed by atoms with E-state index in [1.165, 1.54) is 36.2 Å². The number of carbonyl (C=O) groups excluding carboxylic acids is 1. The molecule has 0 bridgehead atoms. The summed E-state index contributed by atoms with van der Waals surface area (Å²) in [6.07, 6.45) is 6.83. The van der Waals surface area contributed by atoms with Gasteiger partial charge in [-0.25, -0.2) is 18.6 Å². The Labute approximate surface area is 160 Å². The minimum absolute atomic E-state index is 0.0384. The van der Waals surface area contributed by atoms with E-state index in [2.05, 4.69) is 14.9 Å². The van der Waals surface area contributed by atoms with Crippen LogP contribution >= 0.6 is 0 Å². The number of anilines is 1. The number of hydroxylamine groups is 1. The van der Waals surface area contributed by atoms with Crippen molar-refractivity contribution in [1.82, 2.24) is 20.2 Å². The maximum absolute atomic E-state index is 12.8. The van der Waals surface area contributed by atoms with E-state index in [9.17, 15) is 13.2 Å². The summed E-state index contributed by atoms with van der Waals surface area (Å²) < 4.78 is 35.2. The molecule has 0 spiro atoms. The van der Waals surface area contributed by atoms with Crippen molar-refractivity contribution >= 4 is 32.8 Å². The van der Waals surface area contributed by atoms with Crippen LogP contribution in [0.1, 0.15) is 48.7 Å². The number of rotatable bonds is 5. The maximum Gasteiger partial charge on any atom is 0.310 e. The van der Waals surface area contributed by atoms with Gasteiger partial charge in [-0.05, 0) is 31.0 Å². The number of nitrogens with one attached hydrogen (secondary N) is 2. The van der Waals surface area contributed by atoms with Crippen LogP contribution in [0.5, 0.6) is 0 Å². The van der Waals surface area contributed by atoms with E-state index in [1.807, 2.05) is 0 Å². The Morgan fingerprint density at radius 2 is 2.00 bits per heavy atom. The van der Waals surface area contributed by atoms with Crippen molar-refractivity contribution in [3.63, 3.8) is 0 Å². The normalized spacial score (nSPS) is 15.6. The minimum Gasteiger partial charge on any atom is -0.451 e. The SMILES string of the molecule is O=C(NO)c1cc2ccc(S(=O)(=O)Nc3nncn3C3CCCCC3)cc2o1. The van der Waals surface area contributed by atoms with Crippen molar-refractivity contribution < 1.29 is 22.8 Å². The smallest absolute Gasteiger partial charge is 0.310 e. The Balaban J connectivity index is 1.62. The number of fused-ring (bicyclic) bond motifs is 1. The number of amides is 1. The van der Waals surface area contributed by atoms with Gasteiger partial charge in [0.1, 0.15) is 11.9 Å². The number of sulfonamides is 1. The molecule has 0 aliphatic heterocycles. The highest BCUT2D eigenvalue weighted by atomic mass is 32.2. The number of carbonyl (C=O) groups is 1. The molecule has 2 aromatic heterocycles. The van der Waals surface area contributed by atoms with Crippen molar-refractivity contribution in [1.29, 1.82) is 0 Å². The van der Waals surface area contributed by atoms with Gasteiger partial charge < -0.3 is 4.42 Å². The number of hydrogen-bond donors (Lipinski definition) is 3. The van der Waals surface area contributed by atoms with Crippen LogP contribution in [0.25, 0.3) is 11.0 Å². The monoisotopic (exact) mass is 405 g/mol. The van der Waals surface area contributed by atoms with E-state index in [-0.39, 0.29) is 28.2 Å². The Bertz CT molecular complexity index is 1110. The lowest BCUT2D eigenvalue weighted by Crippen LogP contribution is -2.20. The van der Waals surface area contributed by atoms with Gasteiger partial charge in [0.15, 0.2) is 5.76 Å². The maximum atomic E-state index is 12.8. The Morgan fingerprint density at radius 1 is 1.21 bits per heavy atom. The average Bonchev–Trinajstić information content (AvgIpc) is 3.33. The topological polar surface area (TPSA) is 139 Å². The quantitative estimate of drug-likeness (QED) is 0.437. The van der Waals surface area contributed by atoms with E-state index in [4.69, 9.17) is 9.62 Å². The van der Waals surface area contributed by atoms with E-state index in [0.29, 0.717) is 5.39 Å². The number of nitrogens with zero attached hydrogens (tertiary/aromatic N) is 3. The molecule has 2 heterocycles. The molecule has 148 valence electrons. The van der Waals surface area contributed by atoms with Gasteiger partial charge in [-0.1, -0.05) is 19.3 Å². The van der Waals surface area contributed by atoms with Gasteiger partial charge in [-0.2, -0.15) is 0 Å². The second-order valence-electron chi connectivity index (χ2n) is 6.71. The molecule has 4 rings (SSSR count). The molecular formula is C17H19N5O5S. The molecule has 10 nitrogen and oxygen atoms in total. The van der Waals surface area contributed by atoms with Gasteiger partial charge in [0.05, 0.1) is 4.90 Å². The van der Waals surface area contributed by atoms with E-state index in [1.54, 1.807) is 10.9 Å². The summed E-state index contributed by atoms with van der Waals surface area (Å²) in [7, 11) is -3.94. The van der Waals surface area contributed by atoms with Crippen molar-refractivity contribution in [3.8, 4) is 0 Å². The lowest BCUT2D eigenvalue weighted by molar-refractivity contribution is 0.0678. The molecule has 0 saturated heterocycles. The molecule has 1 aromatic carbocycles. The van der Waals surface area contributed by atoms with Gasteiger partial charge in [-0.15, -0.1) is 10.2 Å². The molecule has 1 amide bonds. The van der Waals surface area contributed by atoms with Crippen LogP contribution in [0.2, 0.25) is 0 Å². The first-order valence-corrected chi connectivity index (χ1v) is 10.4. The molecule has 1 aliphatic carbocycles. The highest BCUT2D eigenvalue weighted by Crippen LogP contribution is 2.30. The zero-order valence-electron chi connectivity index (χ0n) is 14.8. The fourth-order valence-corrected chi connectivity index (χ4v) is 4.48. The molecule has 11 heteroatoms. The average molecular weight is 405 g/mol. The van der Waals surface area contributed by atoms with Crippen molar-refractivity contribution in [2.45, 2.75) is 43.0 Å². The lowest BCUT2D eigenvalue weighted by Gasteiger charge is -2.23. The first-order chi connectivity index (χ1) is 13.5. The van der Waals surface area contributed by atoms with Gasteiger partial charge in [0.2, 0.25) is 5.95 Å². The molecule has 0 atom stereocenters. The molecule has 28 heavy (non-hydrogen) atoms. The van der Waals surface area contributed by atoms with Crippen LogP contribution in [-0.2, 0) is 10.0 Å². The molecule has 0 unspecified atom stereocenters. The van der Waals surface area contributed by atoms with E-state index in [0.717, 1.165) is 25.7 Å². The van der Waals surface area contributed by atoms with Crippen molar-refractivity contribution in [2.75, 3.05) is 4.72 Å². The third-order valence-corrected chi connectivity index (χ3v) is 6.22. The van der Waals surface area contributed by atoms with Crippen LogP contribution in [-0.4, -0.2) is 34.3 Å². The molecule has 1 saturated carbocycles. The van der Waals surface area contributed by atoms with Crippen molar-refractivity contribution in [3.05, 3.63) is 36.4 Å². The molecule has 0 radical (unpaired) electrons. The first-order valence-electron chi connectivity index (χ1n) is 8.88. The third kappa shape index (κ3) is 3.45. The number of benzene rings is 1. The Morgan fingerprint density at radius 3 is 2.75 bits per heavy atom. The molecule has 3 aromatic rings. The zero-order chi connectivity index (χ0) is 19.7. The molecule has 3 N–H and O–H groups in total. The highest BCUT2D eigenvalue weighted by molar-refractivity contribution is 7.92. The number of aromatic nitrogens is 3. The molecule has 1 fully saturated rings. The summed E-state index contributed by atoms with van der Waals surface area (Å²) in [5.41, 5.74) is 1.68. The Hall–Kier alpha value is -2.92. The second-order valence-corrected chi connectivity index (χ2v) is 8.39. The summed E-state index contributed by atoms with van der Waals surface area (Å²) in [5, 5.41) is 17.0. The summed E-state index contributed by atoms with van der Waals surface area (Å²) in [5.74, 6) is -0.775. The predicted octanol–water partition coefficient (Wildman–Crippen LogP) is 2.45. The number of hydrogen-bond acceptors (Lipinski definition) is 7. The first kappa shape index (κ1) is 18.4. The van der Waals surface area contributed by atoms with Crippen LogP contribution in [0, 0.1) is 0 Å². The summed E-state index contributed by atoms with van der Waals surface area (Å²) in [6.45, 7) is 0. The minimum atomic E-state index is -3.94. The van der Waals surface area contributed by atoms with Crippen LogP contribution in [0.15, 0.2) is 39.9 Å². The van der Waals surface area contributed by atoms with Gasteiger partial charge >= 0.3 is 5.91 Å². The summed E-state index contributed by atoms with van der Waals surface area (Å²) >= 11 is 0. The molecular weight excluding hydrogens is 386 g/mol. The lowest BCUT2D eigenvalue weighted by atomic mass is 9.95. The predicted molar refractivity (Wildman–Crippen MR) is 98.4 cm³/mol. The number of furan rings is 1. The fraction of sp³-hybridized carbons (Fsp3) is 0.353. The fourth-order valence-electron chi connectivity index (χ4n) is 3.47. The second kappa shape index (κ2) is 7.24. The van der Waals surface area contributed by atoms with Crippen LogP contribution in [0.3, 0.4) is 0 Å². The standard InChI is InChI=1S/C17H19N5O5S/c23-16(20-24)15-8-11-6-7-13(9-14(11)27-15)28(25,26)21-17-19-18-10-22(17)12-4-2-1-3-5-12/h6-10,12,24H,1-5H2,(H,19,21)(H,20,23). The summed E-state index contributed by atoms with van der Waals surface area (Å²) in [6, 6.07) is 5.82. The van der Waals surface area contributed by atoms with E-state index < -0.39 is 15.9 Å². The third-order valence-electron chi connectivity index (χ3n) is 4.89. The largest absolute Gasteiger partial charge is 0.451 e. The van der Waals surface area contributed by atoms with Crippen LogP contribution in [0.4, 0.5) is 5.95 Å². The molecule has 1 aliphatic rings. The zero-order valence-corrected chi connectivity index (χ0v) is 15.6. The van der Waals surface area contributed by atoms with Gasteiger partial charge in [-0.3, -0.25) is 14.6 Å². The Kier molecular flexibility index (Phi) is 4.77. The van der Waals surface area contributed by atoms with E-state index >= 15 is 0 Å². The summed E-state index contributed by atoms with van der Waals surface area (Å²) in [4.78, 5) is 11.4.